The van der Waals surface area contributed by atoms with E-state index in [0.29, 0.717) is 24.2 Å². The van der Waals surface area contributed by atoms with Gasteiger partial charge in [0.25, 0.3) is 11.8 Å². The number of ether oxygens (including phenoxy) is 1. The monoisotopic (exact) mass is 304 g/mol. The Labute approximate surface area is 129 Å². The molecule has 0 aliphatic carbocycles. The minimum atomic E-state index is -0.284. The van der Waals surface area contributed by atoms with Crippen molar-refractivity contribution < 1.29 is 19.1 Å². The number of imide groups is 1. The average molecular weight is 304 g/mol. The summed E-state index contributed by atoms with van der Waals surface area (Å²) < 4.78 is 4.94. The predicted octanol–water partition coefficient (Wildman–Crippen LogP) is 1.21. The van der Waals surface area contributed by atoms with Crippen LogP contribution >= 0.6 is 0 Å². The minimum absolute atomic E-state index is 0.0585. The summed E-state index contributed by atoms with van der Waals surface area (Å²) in [4.78, 5) is 37.2. The number of hydrogen-bond donors (Lipinski definition) is 1. The molecule has 1 aromatic carbocycles. The zero-order valence-electron chi connectivity index (χ0n) is 12.8. The zero-order valence-corrected chi connectivity index (χ0v) is 12.8. The molecular formula is C16H20N2O4. The van der Waals surface area contributed by atoms with E-state index < -0.39 is 0 Å². The molecule has 0 spiro atoms. The van der Waals surface area contributed by atoms with Gasteiger partial charge in [-0.05, 0) is 25.5 Å². The maximum Gasteiger partial charge on any atom is 0.261 e. The van der Waals surface area contributed by atoms with Gasteiger partial charge in [-0.15, -0.1) is 0 Å². The Balaban J connectivity index is 1.83. The largest absolute Gasteiger partial charge is 0.383 e. The quantitative estimate of drug-likeness (QED) is 0.768. The summed E-state index contributed by atoms with van der Waals surface area (Å²) in [5.41, 5.74) is 0.872. The van der Waals surface area contributed by atoms with Crippen molar-refractivity contribution in [1.82, 2.24) is 10.2 Å². The summed E-state index contributed by atoms with van der Waals surface area (Å²) in [6.45, 7) is 2.55. The van der Waals surface area contributed by atoms with Crippen LogP contribution in [-0.2, 0) is 9.53 Å². The predicted molar refractivity (Wildman–Crippen MR) is 80.5 cm³/mol. The van der Waals surface area contributed by atoms with Crippen molar-refractivity contribution in [2.75, 3.05) is 20.3 Å². The fourth-order valence-corrected chi connectivity index (χ4v) is 2.48. The number of carbonyl (C=O) groups excluding carboxylic acids is 3. The third-order valence-corrected chi connectivity index (χ3v) is 3.49. The Morgan fingerprint density at radius 3 is 2.36 bits per heavy atom. The first-order valence-corrected chi connectivity index (χ1v) is 7.28. The molecule has 1 N–H and O–H groups in total. The molecule has 0 aromatic heterocycles. The molecule has 0 saturated heterocycles. The van der Waals surface area contributed by atoms with Crippen molar-refractivity contribution in [2.45, 2.75) is 25.8 Å². The molecule has 22 heavy (non-hydrogen) atoms. The molecule has 6 heteroatoms. The van der Waals surface area contributed by atoms with E-state index in [9.17, 15) is 14.4 Å². The fraction of sp³-hybridized carbons (Fsp3) is 0.438. The zero-order chi connectivity index (χ0) is 16.1. The lowest BCUT2D eigenvalue weighted by Gasteiger charge is -2.15. The second kappa shape index (κ2) is 7.17. The number of amides is 3. The molecule has 6 nitrogen and oxygen atoms in total. The molecule has 1 aliphatic heterocycles. The van der Waals surface area contributed by atoms with Crippen molar-refractivity contribution in [3.05, 3.63) is 35.4 Å². The highest BCUT2D eigenvalue weighted by molar-refractivity contribution is 6.21. The van der Waals surface area contributed by atoms with Gasteiger partial charge in [0.2, 0.25) is 5.91 Å². The second-order valence-electron chi connectivity index (χ2n) is 5.33. The molecule has 0 unspecified atom stereocenters. The molecular weight excluding hydrogens is 284 g/mol. The first-order chi connectivity index (χ1) is 10.5. The maximum absolute atomic E-state index is 12.1. The average Bonchev–Trinajstić information content (AvgIpc) is 2.73. The topological polar surface area (TPSA) is 75.7 Å². The molecule has 1 aliphatic rings. The second-order valence-corrected chi connectivity index (χ2v) is 5.33. The first-order valence-electron chi connectivity index (χ1n) is 7.28. The molecule has 0 saturated carbocycles. The number of nitrogens with one attached hydrogen (secondary N) is 1. The van der Waals surface area contributed by atoms with Gasteiger partial charge in [0, 0.05) is 26.1 Å². The smallest absolute Gasteiger partial charge is 0.261 e. The Kier molecular flexibility index (Phi) is 5.27. The van der Waals surface area contributed by atoms with E-state index in [1.807, 2.05) is 6.92 Å². The number of nitrogens with zero attached hydrogens (tertiary/aromatic N) is 1. The van der Waals surface area contributed by atoms with Crippen LogP contribution in [-0.4, -0.2) is 48.9 Å². The Bertz CT molecular complexity index is 550. The summed E-state index contributed by atoms with van der Waals surface area (Å²) in [7, 11) is 1.57. The molecule has 0 fully saturated rings. The number of methoxy groups -OCH3 is 1. The molecule has 3 amide bonds. The lowest BCUT2D eigenvalue weighted by molar-refractivity contribution is -0.122. The number of benzene rings is 1. The van der Waals surface area contributed by atoms with E-state index >= 15 is 0 Å². The third kappa shape index (κ3) is 3.51. The summed E-state index contributed by atoms with van der Waals surface area (Å²) in [6, 6.07) is 6.71. The first kappa shape index (κ1) is 16.2. The van der Waals surface area contributed by atoms with Crippen LogP contribution < -0.4 is 5.32 Å². The lowest BCUT2D eigenvalue weighted by atomic mass is 10.1. The van der Waals surface area contributed by atoms with Gasteiger partial charge in [-0.25, -0.2) is 0 Å². The molecule has 118 valence electrons. The van der Waals surface area contributed by atoms with E-state index in [1.165, 1.54) is 4.90 Å². The van der Waals surface area contributed by atoms with E-state index in [0.717, 1.165) is 0 Å². The van der Waals surface area contributed by atoms with Crippen LogP contribution in [0.15, 0.2) is 24.3 Å². The molecule has 1 aromatic rings. The van der Waals surface area contributed by atoms with Crippen molar-refractivity contribution in [1.29, 1.82) is 0 Å². The Hall–Kier alpha value is -2.21. The van der Waals surface area contributed by atoms with Gasteiger partial charge in [-0.2, -0.15) is 0 Å². The highest BCUT2D eigenvalue weighted by Crippen LogP contribution is 2.22. The molecule has 1 atom stereocenters. The van der Waals surface area contributed by atoms with Gasteiger partial charge in [-0.1, -0.05) is 12.1 Å². The van der Waals surface area contributed by atoms with Crippen LogP contribution in [0.2, 0.25) is 0 Å². The van der Waals surface area contributed by atoms with Crippen molar-refractivity contribution in [3.63, 3.8) is 0 Å². The minimum Gasteiger partial charge on any atom is -0.383 e. The Morgan fingerprint density at radius 2 is 1.82 bits per heavy atom. The molecule has 1 heterocycles. The summed E-state index contributed by atoms with van der Waals surface area (Å²) >= 11 is 0. The molecule has 0 radical (unpaired) electrons. The van der Waals surface area contributed by atoms with Crippen LogP contribution in [0.3, 0.4) is 0 Å². The molecule has 2 rings (SSSR count). The van der Waals surface area contributed by atoms with Gasteiger partial charge in [0.15, 0.2) is 0 Å². The Morgan fingerprint density at radius 1 is 1.23 bits per heavy atom. The number of hydrogen-bond acceptors (Lipinski definition) is 4. The summed E-state index contributed by atoms with van der Waals surface area (Å²) in [5, 5.41) is 2.79. The van der Waals surface area contributed by atoms with Crippen LogP contribution in [0, 0.1) is 0 Å². The van der Waals surface area contributed by atoms with Crippen LogP contribution in [0.25, 0.3) is 0 Å². The normalized spacial score (nSPS) is 14.9. The molecule has 0 bridgehead atoms. The summed E-state index contributed by atoms with van der Waals surface area (Å²) in [5.74, 6) is -0.677. The number of rotatable bonds is 7. The van der Waals surface area contributed by atoms with Gasteiger partial charge < -0.3 is 10.1 Å². The van der Waals surface area contributed by atoms with Gasteiger partial charge in [-0.3, -0.25) is 19.3 Å². The number of fused-ring (bicyclic) bond motifs is 1. The van der Waals surface area contributed by atoms with E-state index in [2.05, 4.69) is 5.32 Å². The van der Waals surface area contributed by atoms with E-state index in [4.69, 9.17) is 4.74 Å². The van der Waals surface area contributed by atoms with Gasteiger partial charge >= 0.3 is 0 Å². The van der Waals surface area contributed by atoms with Crippen molar-refractivity contribution in [2.24, 2.45) is 0 Å². The lowest BCUT2D eigenvalue weighted by Crippen LogP contribution is -2.36. The van der Waals surface area contributed by atoms with Crippen molar-refractivity contribution >= 4 is 17.7 Å². The highest BCUT2D eigenvalue weighted by Gasteiger charge is 2.34. The van der Waals surface area contributed by atoms with Crippen LogP contribution in [0.5, 0.6) is 0 Å². The summed E-state index contributed by atoms with van der Waals surface area (Å²) in [6.07, 6.45) is 0.707. The maximum atomic E-state index is 12.1. The van der Waals surface area contributed by atoms with Gasteiger partial charge in [0.05, 0.1) is 17.7 Å². The van der Waals surface area contributed by atoms with Crippen LogP contribution in [0.1, 0.15) is 40.5 Å². The SMILES string of the molecule is COC[C@@H](C)NC(=O)CCCN1C(=O)c2ccccc2C1=O. The van der Waals surface area contributed by atoms with Crippen LogP contribution in [0.4, 0.5) is 0 Å². The third-order valence-electron chi connectivity index (χ3n) is 3.49. The fourth-order valence-electron chi connectivity index (χ4n) is 2.48. The highest BCUT2D eigenvalue weighted by atomic mass is 16.5. The number of carbonyl (C=O) groups is 3. The standard InChI is InChI=1S/C16H20N2O4/c1-11(10-22-2)17-14(19)8-5-9-18-15(20)12-6-3-4-7-13(12)16(18)21/h3-4,6-7,11H,5,8-10H2,1-2H3,(H,17,19)/t11-/m1/s1. The van der Waals surface area contributed by atoms with E-state index in [-0.39, 0.29) is 36.7 Å². The van der Waals surface area contributed by atoms with Crippen molar-refractivity contribution in [3.8, 4) is 0 Å². The van der Waals surface area contributed by atoms with E-state index in [1.54, 1.807) is 31.4 Å². The van der Waals surface area contributed by atoms with Gasteiger partial charge in [0.1, 0.15) is 0 Å².